The van der Waals surface area contributed by atoms with Gasteiger partial charge in [-0.2, -0.15) is 0 Å². The number of carbonyl (C=O) groups excluding carboxylic acids is 4. The van der Waals surface area contributed by atoms with Crippen LogP contribution in [-0.2, 0) is 5.41 Å². The maximum atomic E-state index is 13.1. The lowest BCUT2D eigenvalue weighted by atomic mass is 9.71. The molecule has 7 aromatic carbocycles. The van der Waals surface area contributed by atoms with Crippen molar-refractivity contribution in [1.29, 1.82) is 0 Å². The predicted octanol–water partition coefficient (Wildman–Crippen LogP) is 11.5. The Labute approximate surface area is 336 Å². The fourth-order valence-electron chi connectivity index (χ4n) is 6.42. The predicted molar refractivity (Wildman–Crippen MR) is 221 cm³/mol. The van der Waals surface area contributed by atoms with Crippen molar-refractivity contribution in [3.63, 3.8) is 0 Å². The first-order chi connectivity index (χ1) is 28.0. The minimum Gasteiger partial charge on any atom is -0.457 e. The first kappa shape index (κ1) is 38.7. The largest absolute Gasteiger partial charge is 0.457 e. The third-order valence-corrected chi connectivity index (χ3v) is 9.81. The number of ketones is 2. The zero-order valence-electron chi connectivity index (χ0n) is 32.0. The van der Waals surface area contributed by atoms with Gasteiger partial charge in [-0.3, -0.25) is 9.59 Å². The number of esters is 2. The standard InChI is InChI=1S/C50H38O8/c1-33(51)35-9-21-42(22-10-35)55-44-25-13-37(14-26-44)48(53)57-46-29-17-40(18-30-46)50(3,39-7-5-4-6-8-39)41-19-31-47(32-20-41)58-49(54)38-15-27-45(28-16-38)56-43-23-11-36(12-24-43)34(2)52/h4-32H,1-3H3. The van der Waals surface area contributed by atoms with Gasteiger partial charge in [-0.1, -0.05) is 54.6 Å². The van der Waals surface area contributed by atoms with E-state index in [1.807, 2.05) is 42.5 Å². The maximum absolute atomic E-state index is 13.1. The van der Waals surface area contributed by atoms with Crippen molar-refractivity contribution < 1.29 is 38.1 Å². The molecule has 0 spiro atoms. The van der Waals surface area contributed by atoms with Gasteiger partial charge in [0.05, 0.1) is 11.1 Å². The molecule has 0 amide bonds. The number of ether oxygens (including phenoxy) is 4. The average molecular weight is 767 g/mol. The van der Waals surface area contributed by atoms with Gasteiger partial charge in [-0.05, 0) is 159 Å². The third-order valence-electron chi connectivity index (χ3n) is 9.81. The Balaban J connectivity index is 1.01. The number of hydrogen-bond acceptors (Lipinski definition) is 8. The SMILES string of the molecule is CC(=O)c1ccc(Oc2ccc(C(=O)Oc3ccc(C(C)(c4ccccc4)c4ccc(OC(=O)c5ccc(Oc6ccc(C(C)=O)cc6)cc5)cc4)cc3)cc2)cc1. The van der Waals surface area contributed by atoms with Gasteiger partial charge in [0.15, 0.2) is 11.6 Å². The Bertz CT molecular complexity index is 2380. The molecule has 0 bridgehead atoms. The van der Waals surface area contributed by atoms with E-state index in [4.69, 9.17) is 18.9 Å². The number of rotatable bonds is 13. The highest BCUT2D eigenvalue weighted by Gasteiger charge is 2.31. The van der Waals surface area contributed by atoms with E-state index in [0.29, 0.717) is 56.8 Å². The summed E-state index contributed by atoms with van der Waals surface area (Å²) in [5.41, 5.74) is 4.26. The molecule has 58 heavy (non-hydrogen) atoms. The third kappa shape index (κ3) is 8.93. The summed E-state index contributed by atoms with van der Waals surface area (Å²) in [4.78, 5) is 49.2. The van der Waals surface area contributed by atoms with Crippen LogP contribution in [0, 0.1) is 0 Å². The van der Waals surface area contributed by atoms with Crippen LogP contribution in [0.3, 0.4) is 0 Å². The van der Waals surface area contributed by atoms with Crippen LogP contribution in [0.1, 0.15) is 78.9 Å². The van der Waals surface area contributed by atoms with Gasteiger partial charge >= 0.3 is 11.9 Å². The molecule has 0 unspecified atom stereocenters. The normalized spacial score (nSPS) is 10.9. The summed E-state index contributed by atoms with van der Waals surface area (Å²) in [5.74, 6) is 1.93. The van der Waals surface area contributed by atoms with E-state index in [0.717, 1.165) is 16.7 Å². The van der Waals surface area contributed by atoms with Crippen LogP contribution >= 0.6 is 0 Å². The summed E-state index contributed by atoms with van der Waals surface area (Å²) in [7, 11) is 0. The summed E-state index contributed by atoms with van der Waals surface area (Å²) >= 11 is 0. The first-order valence-electron chi connectivity index (χ1n) is 18.5. The minimum absolute atomic E-state index is 0.0226. The monoisotopic (exact) mass is 766 g/mol. The molecule has 0 saturated carbocycles. The second-order valence-electron chi connectivity index (χ2n) is 13.7. The van der Waals surface area contributed by atoms with Crippen molar-refractivity contribution in [3.05, 3.63) is 215 Å². The van der Waals surface area contributed by atoms with Crippen molar-refractivity contribution in [1.82, 2.24) is 0 Å². The van der Waals surface area contributed by atoms with Crippen LogP contribution < -0.4 is 18.9 Å². The summed E-state index contributed by atoms with van der Waals surface area (Å²) in [5, 5.41) is 0. The molecule has 0 saturated heterocycles. The Morgan fingerprint density at radius 3 is 0.931 bits per heavy atom. The number of carbonyl (C=O) groups is 4. The van der Waals surface area contributed by atoms with Crippen LogP contribution in [0.2, 0.25) is 0 Å². The van der Waals surface area contributed by atoms with E-state index in [9.17, 15) is 19.2 Å². The lowest BCUT2D eigenvalue weighted by molar-refractivity contribution is 0.0725. The van der Waals surface area contributed by atoms with Crippen molar-refractivity contribution in [2.75, 3.05) is 0 Å². The zero-order chi connectivity index (χ0) is 40.6. The van der Waals surface area contributed by atoms with Gasteiger partial charge in [0, 0.05) is 16.5 Å². The lowest BCUT2D eigenvalue weighted by Gasteiger charge is -2.32. The molecular formula is C50H38O8. The van der Waals surface area contributed by atoms with E-state index in [-0.39, 0.29) is 11.6 Å². The summed E-state index contributed by atoms with van der Waals surface area (Å²) < 4.78 is 23.2. The maximum Gasteiger partial charge on any atom is 0.343 e. The van der Waals surface area contributed by atoms with Crippen molar-refractivity contribution in [2.45, 2.75) is 26.2 Å². The molecule has 0 aromatic heterocycles. The van der Waals surface area contributed by atoms with Crippen molar-refractivity contribution in [3.8, 4) is 34.5 Å². The van der Waals surface area contributed by atoms with Crippen LogP contribution in [0.5, 0.6) is 34.5 Å². The van der Waals surface area contributed by atoms with Gasteiger partial charge in [0.25, 0.3) is 0 Å². The summed E-state index contributed by atoms with van der Waals surface area (Å²) in [6, 6.07) is 51.9. The lowest BCUT2D eigenvalue weighted by Crippen LogP contribution is -2.25. The molecule has 0 radical (unpaired) electrons. The van der Waals surface area contributed by atoms with Crippen LogP contribution in [0.25, 0.3) is 0 Å². The number of Topliss-reactive ketones (excluding diaryl/α,β-unsaturated/α-hetero) is 2. The van der Waals surface area contributed by atoms with Crippen LogP contribution in [0.4, 0.5) is 0 Å². The molecule has 0 aliphatic rings. The molecule has 8 heteroatoms. The molecule has 0 aliphatic heterocycles. The highest BCUT2D eigenvalue weighted by atomic mass is 16.5. The van der Waals surface area contributed by atoms with E-state index >= 15 is 0 Å². The van der Waals surface area contributed by atoms with Crippen LogP contribution in [0.15, 0.2) is 176 Å². The van der Waals surface area contributed by atoms with E-state index in [2.05, 4.69) is 19.1 Å². The number of benzene rings is 7. The minimum atomic E-state index is -0.614. The molecule has 7 aromatic rings. The van der Waals surface area contributed by atoms with Gasteiger partial charge < -0.3 is 18.9 Å². The van der Waals surface area contributed by atoms with Gasteiger partial charge in [-0.15, -0.1) is 0 Å². The molecule has 0 N–H and O–H groups in total. The average Bonchev–Trinajstić information content (AvgIpc) is 3.25. The second kappa shape index (κ2) is 17.1. The highest BCUT2D eigenvalue weighted by Crippen LogP contribution is 2.40. The molecule has 7 rings (SSSR count). The summed E-state index contributed by atoms with van der Waals surface area (Å²) in [6.07, 6.45) is 0. The summed E-state index contributed by atoms with van der Waals surface area (Å²) in [6.45, 7) is 5.14. The van der Waals surface area contributed by atoms with E-state index < -0.39 is 17.4 Å². The van der Waals surface area contributed by atoms with E-state index in [1.165, 1.54) is 13.8 Å². The molecular weight excluding hydrogens is 729 g/mol. The zero-order valence-corrected chi connectivity index (χ0v) is 32.0. The molecule has 0 aliphatic carbocycles. The van der Waals surface area contributed by atoms with Gasteiger partial charge in [0.1, 0.15) is 34.5 Å². The van der Waals surface area contributed by atoms with Crippen LogP contribution in [-0.4, -0.2) is 23.5 Å². The first-order valence-corrected chi connectivity index (χ1v) is 18.5. The quantitative estimate of drug-likeness (QED) is 0.0494. The van der Waals surface area contributed by atoms with Gasteiger partial charge in [0.2, 0.25) is 0 Å². The Morgan fingerprint density at radius 2 is 0.621 bits per heavy atom. The Hall–Kier alpha value is -7.58. The molecule has 0 atom stereocenters. The highest BCUT2D eigenvalue weighted by molar-refractivity contribution is 5.95. The molecule has 0 heterocycles. The Morgan fingerprint density at radius 1 is 0.345 bits per heavy atom. The molecule has 286 valence electrons. The number of hydrogen-bond donors (Lipinski definition) is 0. The van der Waals surface area contributed by atoms with E-state index in [1.54, 1.807) is 121 Å². The topological polar surface area (TPSA) is 105 Å². The van der Waals surface area contributed by atoms with Crippen molar-refractivity contribution in [2.24, 2.45) is 0 Å². The fourth-order valence-corrected chi connectivity index (χ4v) is 6.42. The Kier molecular flexibility index (Phi) is 11.4. The molecule has 0 fully saturated rings. The smallest absolute Gasteiger partial charge is 0.343 e. The van der Waals surface area contributed by atoms with Crippen molar-refractivity contribution >= 4 is 23.5 Å². The van der Waals surface area contributed by atoms with Gasteiger partial charge in [-0.25, -0.2) is 9.59 Å². The molecule has 8 nitrogen and oxygen atoms in total. The fraction of sp³-hybridized carbons (Fsp3) is 0.0800. The second-order valence-corrected chi connectivity index (χ2v) is 13.7.